The monoisotopic (exact) mass is 407 g/mol. The molecule has 1 aliphatic heterocycles. The molecule has 0 radical (unpaired) electrons. The van der Waals surface area contributed by atoms with Crippen molar-refractivity contribution in [2.45, 2.75) is 32.2 Å². The largest absolute Gasteiger partial charge is 0.349 e. The molecule has 0 N–H and O–H groups in total. The average Bonchev–Trinajstić information content (AvgIpc) is 2.71. The highest BCUT2D eigenvalue weighted by Crippen LogP contribution is 2.35. The lowest BCUT2D eigenvalue weighted by atomic mass is 10.1. The van der Waals surface area contributed by atoms with Gasteiger partial charge < -0.3 is 4.90 Å². The zero-order chi connectivity index (χ0) is 20.6. The number of sulfonamides is 1. The third-order valence-corrected chi connectivity index (χ3v) is 7.28. The fourth-order valence-electron chi connectivity index (χ4n) is 3.58. The molecule has 1 aliphatic rings. The van der Waals surface area contributed by atoms with E-state index in [1.165, 1.54) is 15.4 Å². The van der Waals surface area contributed by atoms with E-state index >= 15 is 0 Å². The van der Waals surface area contributed by atoms with E-state index in [0.29, 0.717) is 36.0 Å². The lowest BCUT2D eigenvalue weighted by Gasteiger charge is -2.37. The van der Waals surface area contributed by atoms with E-state index in [-0.39, 0.29) is 0 Å². The molecular formula is C23H25N3O2S. The lowest BCUT2D eigenvalue weighted by Crippen LogP contribution is -2.44. The van der Waals surface area contributed by atoms with Crippen molar-refractivity contribution in [2.75, 3.05) is 22.3 Å². The van der Waals surface area contributed by atoms with Gasteiger partial charge in [-0.2, -0.15) is 0 Å². The quantitative estimate of drug-likeness (QED) is 0.650. The second kappa shape index (κ2) is 7.52. The van der Waals surface area contributed by atoms with Gasteiger partial charge in [-0.1, -0.05) is 35.9 Å². The zero-order valence-electron chi connectivity index (χ0n) is 17.0. The van der Waals surface area contributed by atoms with Gasteiger partial charge in [0, 0.05) is 19.3 Å². The molecule has 0 saturated heterocycles. The Kier molecular flexibility index (Phi) is 5.04. The third kappa shape index (κ3) is 3.72. The lowest BCUT2D eigenvalue weighted by molar-refractivity contribution is 0.587. The molecule has 6 heteroatoms. The summed E-state index contributed by atoms with van der Waals surface area (Å²) in [6.45, 7) is 7.65. The van der Waals surface area contributed by atoms with Gasteiger partial charge in [0.25, 0.3) is 10.0 Å². The van der Waals surface area contributed by atoms with Gasteiger partial charge in [-0.05, 0) is 61.7 Å². The van der Waals surface area contributed by atoms with Crippen LogP contribution in [0.15, 0.2) is 65.7 Å². The highest BCUT2D eigenvalue weighted by atomic mass is 32.2. The van der Waals surface area contributed by atoms with Gasteiger partial charge in [0.2, 0.25) is 0 Å². The van der Waals surface area contributed by atoms with Crippen LogP contribution in [0.25, 0.3) is 0 Å². The van der Waals surface area contributed by atoms with Crippen LogP contribution in [0, 0.1) is 20.8 Å². The van der Waals surface area contributed by atoms with Crippen molar-refractivity contribution in [3.05, 3.63) is 83.0 Å². The molecule has 4 rings (SSSR count). The third-order valence-electron chi connectivity index (χ3n) is 5.47. The molecule has 0 bridgehead atoms. The highest BCUT2D eigenvalue weighted by Gasteiger charge is 2.32. The highest BCUT2D eigenvalue weighted by molar-refractivity contribution is 7.92. The minimum absolute atomic E-state index is 0.322. The summed E-state index contributed by atoms with van der Waals surface area (Å²) in [5.41, 5.74) is 5.07. The Labute approximate surface area is 172 Å². The zero-order valence-corrected chi connectivity index (χ0v) is 17.8. The smallest absolute Gasteiger partial charge is 0.264 e. The van der Waals surface area contributed by atoms with Gasteiger partial charge in [0.05, 0.1) is 17.1 Å². The van der Waals surface area contributed by atoms with Crippen LogP contribution in [0.5, 0.6) is 0 Å². The Bertz CT molecular complexity index is 1140. The van der Waals surface area contributed by atoms with Gasteiger partial charge in [-0.3, -0.25) is 4.31 Å². The predicted molar refractivity (Wildman–Crippen MR) is 117 cm³/mol. The molecular weight excluding hydrogens is 382 g/mol. The summed E-state index contributed by atoms with van der Waals surface area (Å²) in [7, 11) is -3.65. The van der Waals surface area contributed by atoms with E-state index in [4.69, 9.17) is 0 Å². The molecule has 29 heavy (non-hydrogen) atoms. The molecule has 2 aromatic carbocycles. The van der Waals surface area contributed by atoms with E-state index in [9.17, 15) is 8.42 Å². The number of pyridine rings is 1. The maximum Gasteiger partial charge on any atom is 0.264 e. The molecule has 5 nitrogen and oxygen atoms in total. The summed E-state index contributed by atoms with van der Waals surface area (Å²) in [6.07, 6.45) is 1.72. The van der Waals surface area contributed by atoms with Gasteiger partial charge in [0.15, 0.2) is 5.82 Å². The van der Waals surface area contributed by atoms with Crippen LogP contribution in [-0.2, 0) is 16.6 Å². The molecule has 2 heterocycles. The maximum atomic E-state index is 13.4. The van der Waals surface area contributed by atoms with Crippen LogP contribution in [0.3, 0.4) is 0 Å². The Morgan fingerprint density at radius 2 is 1.69 bits per heavy atom. The Balaban J connectivity index is 1.69. The van der Waals surface area contributed by atoms with Crippen molar-refractivity contribution in [1.82, 2.24) is 4.98 Å². The second-order valence-electron chi connectivity index (χ2n) is 7.58. The second-order valence-corrected chi connectivity index (χ2v) is 9.44. The van der Waals surface area contributed by atoms with Crippen molar-refractivity contribution in [1.29, 1.82) is 0 Å². The van der Waals surface area contributed by atoms with E-state index < -0.39 is 10.0 Å². The summed E-state index contributed by atoms with van der Waals surface area (Å²) in [6, 6.07) is 17.3. The molecule has 0 fully saturated rings. The van der Waals surface area contributed by atoms with Gasteiger partial charge in [0.1, 0.15) is 0 Å². The molecule has 3 aromatic rings. The summed E-state index contributed by atoms with van der Waals surface area (Å²) in [4.78, 5) is 6.99. The predicted octanol–water partition coefficient (Wildman–Crippen LogP) is 4.22. The average molecular weight is 408 g/mol. The Hall–Kier alpha value is -2.86. The SMILES string of the molecule is Cc1ccc(CN2CCN(S(=O)(=O)c3ccc(C)c(C)c3)c3cccnc32)cc1. The van der Waals surface area contributed by atoms with Crippen LogP contribution >= 0.6 is 0 Å². The fourth-order valence-corrected chi connectivity index (χ4v) is 5.13. The molecule has 0 saturated carbocycles. The van der Waals surface area contributed by atoms with E-state index in [1.54, 1.807) is 24.4 Å². The summed E-state index contributed by atoms with van der Waals surface area (Å²) in [5, 5.41) is 0. The number of anilines is 2. The van der Waals surface area contributed by atoms with E-state index in [2.05, 4.69) is 41.1 Å². The normalized spacial score (nSPS) is 14.0. The first kappa shape index (κ1) is 19.5. The van der Waals surface area contributed by atoms with Crippen LogP contribution in [0.1, 0.15) is 22.3 Å². The minimum atomic E-state index is -3.65. The molecule has 0 spiro atoms. The van der Waals surface area contributed by atoms with Crippen LogP contribution in [-0.4, -0.2) is 26.5 Å². The van der Waals surface area contributed by atoms with Crippen molar-refractivity contribution in [3.63, 3.8) is 0 Å². The number of rotatable bonds is 4. The van der Waals surface area contributed by atoms with Crippen molar-refractivity contribution >= 4 is 21.5 Å². The van der Waals surface area contributed by atoms with Crippen molar-refractivity contribution in [3.8, 4) is 0 Å². The summed E-state index contributed by atoms with van der Waals surface area (Å²) >= 11 is 0. The Morgan fingerprint density at radius 3 is 2.41 bits per heavy atom. The molecule has 150 valence electrons. The minimum Gasteiger partial charge on any atom is -0.349 e. The van der Waals surface area contributed by atoms with E-state index in [1.807, 2.05) is 26.0 Å². The van der Waals surface area contributed by atoms with Crippen LogP contribution in [0.2, 0.25) is 0 Å². The molecule has 0 aliphatic carbocycles. The summed E-state index contributed by atoms with van der Waals surface area (Å²) < 4.78 is 28.3. The van der Waals surface area contributed by atoms with Crippen molar-refractivity contribution < 1.29 is 8.42 Å². The van der Waals surface area contributed by atoms with Crippen molar-refractivity contribution in [2.24, 2.45) is 0 Å². The van der Waals surface area contributed by atoms with Crippen LogP contribution in [0.4, 0.5) is 11.5 Å². The molecule has 1 aromatic heterocycles. The number of nitrogens with zero attached hydrogens (tertiary/aromatic N) is 3. The number of aryl methyl sites for hydroxylation is 3. The first-order chi connectivity index (χ1) is 13.9. The maximum absolute atomic E-state index is 13.4. The number of hydrogen-bond donors (Lipinski definition) is 0. The van der Waals surface area contributed by atoms with Gasteiger partial charge >= 0.3 is 0 Å². The molecule has 0 unspecified atom stereocenters. The van der Waals surface area contributed by atoms with Gasteiger partial charge in [-0.15, -0.1) is 0 Å². The number of benzene rings is 2. The standard InChI is InChI=1S/C23H25N3O2S/c1-17-6-9-20(10-7-17)16-25-13-14-26(22-5-4-12-24-23(22)25)29(27,28)21-11-8-18(2)19(3)15-21/h4-12,15H,13-14,16H2,1-3H3. The Morgan fingerprint density at radius 1 is 0.931 bits per heavy atom. The number of fused-ring (bicyclic) bond motifs is 1. The van der Waals surface area contributed by atoms with Gasteiger partial charge in [-0.25, -0.2) is 13.4 Å². The first-order valence-corrected chi connectivity index (χ1v) is 11.2. The molecule has 0 atom stereocenters. The van der Waals surface area contributed by atoms with Crippen LogP contribution < -0.4 is 9.21 Å². The van der Waals surface area contributed by atoms with E-state index in [0.717, 1.165) is 11.1 Å². The molecule has 0 amide bonds. The number of aromatic nitrogens is 1. The first-order valence-electron chi connectivity index (χ1n) is 9.72. The summed E-state index contributed by atoms with van der Waals surface area (Å²) in [5.74, 6) is 0.701. The fraction of sp³-hybridized carbons (Fsp3) is 0.261. The topological polar surface area (TPSA) is 53.5 Å². The number of hydrogen-bond acceptors (Lipinski definition) is 4.